The number of ether oxygens (including phenoxy) is 1. The molecule has 3 nitrogen and oxygen atoms in total. The maximum atomic E-state index is 11.7. The Kier molecular flexibility index (Phi) is 11.1. The van der Waals surface area contributed by atoms with E-state index in [9.17, 15) is 4.79 Å². The molecule has 1 atom stereocenters. The Balaban J connectivity index is 0. The van der Waals surface area contributed by atoms with Crippen molar-refractivity contribution in [3.63, 3.8) is 0 Å². The Morgan fingerprint density at radius 3 is 2.22 bits per heavy atom. The Hall–Kier alpha value is -0.770. The highest BCUT2D eigenvalue weighted by molar-refractivity contribution is 5.85. The highest BCUT2D eigenvalue weighted by atomic mass is 35.5. The van der Waals surface area contributed by atoms with Crippen LogP contribution in [0.25, 0.3) is 0 Å². The van der Waals surface area contributed by atoms with Gasteiger partial charge in [0.15, 0.2) is 0 Å². The van der Waals surface area contributed by atoms with Crippen LogP contribution in [0.1, 0.15) is 18.9 Å². The molecule has 1 unspecified atom stereocenters. The van der Waals surface area contributed by atoms with Crippen molar-refractivity contribution in [2.24, 2.45) is 0 Å². The second-order valence-electron chi connectivity index (χ2n) is 3.98. The molecule has 0 spiro atoms. The highest BCUT2D eigenvalue weighted by Gasteiger charge is 2.19. The summed E-state index contributed by atoms with van der Waals surface area (Å²) in [6, 6.07) is 9.57. The van der Waals surface area contributed by atoms with E-state index < -0.39 is 0 Å². The number of carbonyl (C=O) groups is 1. The summed E-state index contributed by atoms with van der Waals surface area (Å²) in [4.78, 5) is 13.6. The van der Waals surface area contributed by atoms with Gasteiger partial charge in [0.25, 0.3) is 0 Å². The standard InChI is InChI=1S/C13H19NO2.2ClH/c1-4-12(14(2)3)13(15)16-10-11-8-6-5-7-9-11;;/h5-9,12H,4,10H2,1-3H3;2*1H. The fourth-order valence-corrected chi connectivity index (χ4v) is 1.57. The van der Waals surface area contributed by atoms with Crippen molar-refractivity contribution in [1.82, 2.24) is 4.90 Å². The molecule has 0 aliphatic heterocycles. The van der Waals surface area contributed by atoms with Crippen LogP contribution in [0.15, 0.2) is 30.3 Å². The van der Waals surface area contributed by atoms with Gasteiger partial charge in [-0.3, -0.25) is 9.69 Å². The first-order valence-electron chi connectivity index (χ1n) is 5.52. The van der Waals surface area contributed by atoms with Crippen LogP contribution in [0.5, 0.6) is 0 Å². The van der Waals surface area contributed by atoms with E-state index in [1.165, 1.54) is 0 Å². The van der Waals surface area contributed by atoms with Crippen LogP contribution in [0.3, 0.4) is 0 Å². The van der Waals surface area contributed by atoms with Gasteiger partial charge in [-0.2, -0.15) is 0 Å². The average Bonchev–Trinajstić information content (AvgIpc) is 2.28. The summed E-state index contributed by atoms with van der Waals surface area (Å²) in [5.41, 5.74) is 1.02. The first kappa shape index (κ1) is 19.6. The molecule has 0 saturated heterocycles. The van der Waals surface area contributed by atoms with E-state index in [0.717, 1.165) is 12.0 Å². The Morgan fingerprint density at radius 1 is 1.22 bits per heavy atom. The molecule has 1 rings (SSSR count). The molecule has 1 aromatic rings. The van der Waals surface area contributed by atoms with Gasteiger partial charge in [-0.15, -0.1) is 24.8 Å². The van der Waals surface area contributed by atoms with E-state index in [0.29, 0.717) is 6.61 Å². The Labute approximate surface area is 121 Å². The topological polar surface area (TPSA) is 29.5 Å². The smallest absolute Gasteiger partial charge is 0.323 e. The number of hydrogen-bond donors (Lipinski definition) is 0. The van der Waals surface area contributed by atoms with Gasteiger partial charge >= 0.3 is 5.97 Å². The normalized spacial score (nSPS) is 11.1. The summed E-state index contributed by atoms with van der Waals surface area (Å²) in [7, 11) is 3.77. The van der Waals surface area contributed by atoms with Gasteiger partial charge in [0.2, 0.25) is 0 Å². The molecule has 0 amide bonds. The predicted molar refractivity (Wildman–Crippen MR) is 78.5 cm³/mol. The second kappa shape index (κ2) is 10.2. The molecule has 5 heteroatoms. The Morgan fingerprint density at radius 2 is 1.78 bits per heavy atom. The minimum atomic E-state index is -0.156. The third-order valence-corrected chi connectivity index (χ3v) is 2.51. The van der Waals surface area contributed by atoms with E-state index >= 15 is 0 Å². The quantitative estimate of drug-likeness (QED) is 0.782. The molecule has 0 saturated carbocycles. The van der Waals surface area contributed by atoms with Gasteiger partial charge in [-0.05, 0) is 26.1 Å². The van der Waals surface area contributed by atoms with Crippen LogP contribution in [0.2, 0.25) is 0 Å². The molecule has 0 heterocycles. The largest absolute Gasteiger partial charge is 0.460 e. The van der Waals surface area contributed by atoms with Crippen molar-refractivity contribution in [2.75, 3.05) is 14.1 Å². The minimum Gasteiger partial charge on any atom is -0.460 e. The van der Waals surface area contributed by atoms with Gasteiger partial charge < -0.3 is 4.74 Å². The summed E-state index contributed by atoms with van der Waals surface area (Å²) in [6.07, 6.45) is 0.765. The summed E-state index contributed by atoms with van der Waals surface area (Å²) in [6.45, 7) is 2.33. The Bertz CT molecular complexity index is 331. The number of benzene rings is 1. The van der Waals surface area contributed by atoms with Crippen LogP contribution >= 0.6 is 24.8 Å². The number of nitrogens with zero attached hydrogens (tertiary/aromatic N) is 1. The van der Waals surface area contributed by atoms with E-state index in [1.807, 2.05) is 56.3 Å². The van der Waals surface area contributed by atoms with Gasteiger partial charge in [0.05, 0.1) is 0 Å². The zero-order chi connectivity index (χ0) is 12.0. The number of carbonyl (C=O) groups excluding carboxylic acids is 1. The van der Waals surface area contributed by atoms with E-state index in [-0.39, 0.29) is 36.8 Å². The molecular weight excluding hydrogens is 273 g/mol. The van der Waals surface area contributed by atoms with E-state index in [4.69, 9.17) is 4.74 Å². The summed E-state index contributed by atoms with van der Waals surface area (Å²) < 4.78 is 5.26. The zero-order valence-electron chi connectivity index (χ0n) is 11.0. The van der Waals surface area contributed by atoms with Gasteiger partial charge in [0.1, 0.15) is 12.6 Å². The van der Waals surface area contributed by atoms with Gasteiger partial charge in [-0.25, -0.2) is 0 Å². The lowest BCUT2D eigenvalue weighted by molar-refractivity contribution is -0.150. The molecule has 0 fully saturated rings. The number of likely N-dealkylation sites (N-methyl/N-ethyl adjacent to an activating group) is 1. The first-order valence-corrected chi connectivity index (χ1v) is 5.52. The number of rotatable bonds is 5. The molecular formula is C13H21Cl2NO2. The van der Waals surface area contributed by atoms with Crippen molar-refractivity contribution in [2.45, 2.75) is 26.0 Å². The van der Waals surface area contributed by atoms with Crippen molar-refractivity contribution >= 4 is 30.8 Å². The van der Waals surface area contributed by atoms with E-state index in [2.05, 4.69) is 0 Å². The van der Waals surface area contributed by atoms with Crippen LogP contribution in [-0.2, 0) is 16.1 Å². The summed E-state index contributed by atoms with van der Waals surface area (Å²) >= 11 is 0. The monoisotopic (exact) mass is 293 g/mol. The molecule has 0 N–H and O–H groups in total. The average molecular weight is 294 g/mol. The summed E-state index contributed by atoms with van der Waals surface area (Å²) in [5.74, 6) is -0.156. The minimum absolute atomic E-state index is 0. The number of esters is 1. The SMILES string of the molecule is CCC(C(=O)OCc1ccccc1)N(C)C.Cl.Cl. The zero-order valence-corrected chi connectivity index (χ0v) is 12.6. The molecule has 0 aliphatic rings. The fraction of sp³-hybridized carbons (Fsp3) is 0.462. The first-order chi connectivity index (χ1) is 7.65. The molecule has 1 aromatic carbocycles. The highest BCUT2D eigenvalue weighted by Crippen LogP contribution is 2.06. The van der Waals surface area contributed by atoms with Crippen LogP contribution in [-0.4, -0.2) is 31.0 Å². The van der Waals surface area contributed by atoms with Crippen molar-refractivity contribution in [3.8, 4) is 0 Å². The molecule has 0 aliphatic carbocycles. The van der Waals surface area contributed by atoms with Gasteiger partial charge in [0, 0.05) is 0 Å². The molecule has 0 bridgehead atoms. The van der Waals surface area contributed by atoms with Gasteiger partial charge in [-0.1, -0.05) is 37.3 Å². The molecule has 104 valence electrons. The molecule has 0 radical (unpaired) electrons. The summed E-state index contributed by atoms with van der Waals surface area (Å²) in [5, 5.41) is 0. The second-order valence-corrected chi connectivity index (χ2v) is 3.98. The van der Waals surface area contributed by atoms with Crippen molar-refractivity contribution in [3.05, 3.63) is 35.9 Å². The molecule has 0 aromatic heterocycles. The predicted octanol–water partition coefficient (Wildman–Crippen LogP) is 2.91. The fourth-order valence-electron chi connectivity index (χ4n) is 1.57. The van der Waals surface area contributed by atoms with Crippen LogP contribution in [0, 0.1) is 0 Å². The van der Waals surface area contributed by atoms with Crippen molar-refractivity contribution in [1.29, 1.82) is 0 Å². The molecule has 18 heavy (non-hydrogen) atoms. The lowest BCUT2D eigenvalue weighted by atomic mass is 10.2. The van der Waals surface area contributed by atoms with Crippen LogP contribution < -0.4 is 0 Å². The third-order valence-electron chi connectivity index (χ3n) is 2.51. The van der Waals surface area contributed by atoms with E-state index in [1.54, 1.807) is 0 Å². The third kappa shape index (κ3) is 6.24. The maximum absolute atomic E-state index is 11.7. The number of hydrogen-bond acceptors (Lipinski definition) is 3. The maximum Gasteiger partial charge on any atom is 0.323 e. The lowest BCUT2D eigenvalue weighted by Gasteiger charge is -2.20. The van der Waals surface area contributed by atoms with Crippen LogP contribution in [0.4, 0.5) is 0 Å². The van der Waals surface area contributed by atoms with Crippen molar-refractivity contribution < 1.29 is 9.53 Å². The number of halogens is 2. The lowest BCUT2D eigenvalue weighted by Crippen LogP contribution is -2.36.